The minimum atomic E-state index is -0.653. The minimum absolute atomic E-state index is 0.0764. The molecule has 2 spiro atoms. The molecule has 132 valence electrons. The lowest BCUT2D eigenvalue weighted by Gasteiger charge is -2.51. The van der Waals surface area contributed by atoms with E-state index in [9.17, 15) is 9.59 Å². The molecule has 3 aliphatic rings. The van der Waals surface area contributed by atoms with E-state index in [1.165, 1.54) is 30.6 Å². The average Bonchev–Trinajstić information content (AvgIpc) is 3.21. The average molecular weight is 346 g/mol. The molecule has 26 heavy (non-hydrogen) atoms. The molecule has 2 aromatic rings. The quantitative estimate of drug-likeness (QED) is 0.814. The molecule has 1 N–H and O–H groups in total. The van der Waals surface area contributed by atoms with Gasteiger partial charge >= 0.3 is 6.03 Å². The standard InChI is InChI=1S/C22H22N2O2/c25-19-22(14-21(15-22)12-4-5-13-21)23-20(26)24(19)18-10-8-17(9-11-18)16-6-2-1-3-7-16/h1-3,6-11H,4-5,12-15H2,(H,23,26). The molecule has 0 aromatic heterocycles. The number of rotatable bonds is 2. The Morgan fingerprint density at radius 3 is 2.08 bits per heavy atom. The first kappa shape index (κ1) is 15.6. The van der Waals surface area contributed by atoms with E-state index < -0.39 is 5.54 Å². The van der Waals surface area contributed by atoms with Gasteiger partial charge in [-0.25, -0.2) is 9.69 Å². The number of imide groups is 1. The van der Waals surface area contributed by atoms with Gasteiger partial charge in [-0.3, -0.25) is 4.79 Å². The van der Waals surface area contributed by atoms with Crippen molar-refractivity contribution in [3.8, 4) is 11.1 Å². The second-order valence-corrected chi connectivity index (χ2v) is 8.13. The Hall–Kier alpha value is -2.62. The molecular weight excluding hydrogens is 324 g/mol. The molecule has 2 aliphatic carbocycles. The summed E-state index contributed by atoms with van der Waals surface area (Å²) < 4.78 is 0. The summed E-state index contributed by atoms with van der Waals surface area (Å²) in [5.74, 6) is -0.0764. The highest BCUT2D eigenvalue weighted by Gasteiger charge is 2.64. The van der Waals surface area contributed by atoms with Gasteiger partial charge in [0.1, 0.15) is 5.54 Å². The normalized spacial score (nSPS) is 22.7. The zero-order valence-corrected chi connectivity index (χ0v) is 14.7. The van der Waals surface area contributed by atoms with E-state index in [-0.39, 0.29) is 11.9 Å². The van der Waals surface area contributed by atoms with E-state index in [2.05, 4.69) is 5.32 Å². The Bertz CT molecular complexity index is 859. The highest BCUT2D eigenvalue weighted by molar-refractivity contribution is 6.23. The number of amides is 3. The summed E-state index contributed by atoms with van der Waals surface area (Å²) >= 11 is 0. The van der Waals surface area contributed by atoms with Gasteiger partial charge in [0.15, 0.2) is 0 Å². The summed E-state index contributed by atoms with van der Waals surface area (Å²) in [6, 6.07) is 17.5. The van der Waals surface area contributed by atoms with Gasteiger partial charge < -0.3 is 5.32 Å². The Morgan fingerprint density at radius 1 is 0.808 bits per heavy atom. The summed E-state index contributed by atoms with van der Waals surface area (Å²) in [6.07, 6.45) is 6.52. The summed E-state index contributed by atoms with van der Waals surface area (Å²) in [6.45, 7) is 0. The van der Waals surface area contributed by atoms with Gasteiger partial charge in [-0.1, -0.05) is 55.3 Å². The van der Waals surface area contributed by atoms with Gasteiger partial charge in [-0.15, -0.1) is 0 Å². The van der Waals surface area contributed by atoms with Gasteiger partial charge in [0.25, 0.3) is 5.91 Å². The van der Waals surface area contributed by atoms with Crippen LogP contribution in [0, 0.1) is 5.41 Å². The topological polar surface area (TPSA) is 49.4 Å². The zero-order chi connectivity index (χ0) is 17.8. The van der Waals surface area contributed by atoms with Crippen LogP contribution in [0.3, 0.4) is 0 Å². The fourth-order valence-electron chi connectivity index (χ4n) is 5.24. The van der Waals surface area contributed by atoms with Crippen molar-refractivity contribution < 1.29 is 9.59 Å². The molecule has 3 fully saturated rings. The molecule has 4 nitrogen and oxygen atoms in total. The van der Waals surface area contributed by atoms with Crippen molar-refractivity contribution in [3.05, 3.63) is 54.6 Å². The number of benzene rings is 2. The monoisotopic (exact) mass is 346 g/mol. The van der Waals surface area contributed by atoms with Gasteiger partial charge in [-0.2, -0.15) is 0 Å². The fourth-order valence-corrected chi connectivity index (χ4v) is 5.24. The van der Waals surface area contributed by atoms with E-state index in [1.807, 2.05) is 54.6 Å². The lowest BCUT2D eigenvalue weighted by Crippen LogP contribution is -2.61. The molecule has 1 aliphatic heterocycles. The van der Waals surface area contributed by atoms with Gasteiger partial charge in [0.2, 0.25) is 0 Å². The van der Waals surface area contributed by atoms with E-state index in [4.69, 9.17) is 0 Å². The maximum atomic E-state index is 13.1. The summed E-state index contributed by atoms with van der Waals surface area (Å²) in [7, 11) is 0. The van der Waals surface area contributed by atoms with E-state index in [0.29, 0.717) is 11.1 Å². The van der Waals surface area contributed by atoms with Crippen LogP contribution < -0.4 is 10.2 Å². The third kappa shape index (κ3) is 2.21. The van der Waals surface area contributed by atoms with Crippen LogP contribution in [0.5, 0.6) is 0 Å². The number of anilines is 1. The Morgan fingerprint density at radius 2 is 1.42 bits per heavy atom. The molecule has 0 atom stereocenters. The predicted octanol–water partition coefficient (Wildman–Crippen LogP) is 4.50. The van der Waals surface area contributed by atoms with Crippen molar-refractivity contribution >= 4 is 17.6 Å². The second kappa shape index (κ2) is 5.44. The number of nitrogens with zero attached hydrogens (tertiary/aromatic N) is 1. The van der Waals surface area contributed by atoms with Crippen molar-refractivity contribution in [2.45, 2.75) is 44.1 Å². The van der Waals surface area contributed by atoms with Crippen LogP contribution in [0.4, 0.5) is 10.5 Å². The van der Waals surface area contributed by atoms with Crippen molar-refractivity contribution in [3.63, 3.8) is 0 Å². The third-order valence-corrected chi connectivity index (χ3v) is 6.41. The molecule has 1 saturated heterocycles. The molecule has 4 heteroatoms. The summed E-state index contributed by atoms with van der Waals surface area (Å²) in [5.41, 5.74) is 2.49. The van der Waals surface area contributed by atoms with Crippen LogP contribution in [0.1, 0.15) is 38.5 Å². The zero-order valence-electron chi connectivity index (χ0n) is 14.7. The molecule has 2 saturated carbocycles. The maximum Gasteiger partial charge on any atom is 0.329 e. The Labute approximate surface area is 153 Å². The molecule has 5 rings (SSSR count). The van der Waals surface area contributed by atoms with Crippen molar-refractivity contribution in [1.82, 2.24) is 5.32 Å². The van der Waals surface area contributed by atoms with E-state index in [1.54, 1.807) is 0 Å². The number of hydrogen-bond acceptors (Lipinski definition) is 2. The molecule has 0 radical (unpaired) electrons. The van der Waals surface area contributed by atoms with Gasteiger partial charge in [-0.05, 0) is 54.4 Å². The van der Waals surface area contributed by atoms with Crippen LogP contribution in [0.15, 0.2) is 54.6 Å². The lowest BCUT2D eigenvalue weighted by molar-refractivity contribution is -0.131. The van der Waals surface area contributed by atoms with Crippen LogP contribution in [0.2, 0.25) is 0 Å². The highest BCUT2D eigenvalue weighted by atomic mass is 16.2. The molecular formula is C22H22N2O2. The van der Waals surface area contributed by atoms with Crippen LogP contribution in [0.25, 0.3) is 11.1 Å². The number of hydrogen-bond donors (Lipinski definition) is 1. The smallest absolute Gasteiger partial charge is 0.323 e. The third-order valence-electron chi connectivity index (χ3n) is 6.41. The second-order valence-electron chi connectivity index (χ2n) is 8.13. The maximum absolute atomic E-state index is 13.1. The number of nitrogens with one attached hydrogen (secondary N) is 1. The van der Waals surface area contributed by atoms with Crippen LogP contribution in [-0.4, -0.2) is 17.5 Å². The first-order valence-corrected chi connectivity index (χ1v) is 9.43. The van der Waals surface area contributed by atoms with Gasteiger partial charge in [0.05, 0.1) is 5.69 Å². The fraction of sp³-hybridized carbons (Fsp3) is 0.364. The molecule has 0 bridgehead atoms. The molecule has 2 aromatic carbocycles. The van der Waals surface area contributed by atoms with Crippen LogP contribution >= 0.6 is 0 Å². The predicted molar refractivity (Wildman–Crippen MR) is 101 cm³/mol. The van der Waals surface area contributed by atoms with Crippen LogP contribution in [-0.2, 0) is 4.79 Å². The van der Waals surface area contributed by atoms with Crippen molar-refractivity contribution in [2.75, 3.05) is 4.90 Å². The lowest BCUT2D eigenvalue weighted by atomic mass is 9.56. The Kier molecular flexibility index (Phi) is 3.27. The first-order chi connectivity index (χ1) is 12.6. The number of carbonyl (C=O) groups is 2. The SMILES string of the molecule is O=C1NC2(CC3(CCCC3)C2)C(=O)N1c1ccc(-c2ccccc2)cc1. The Balaban J connectivity index is 1.39. The summed E-state index contributed by atoms with van der Waals surface area (Å²) in [4.78, 5) is 26.9. The molecule has 1 heterocycles. The van der Waals surface area contributed by atoms with Crippen molar-refractivity contribution in [2.24, 2.45) is 5.41 Å². The number of urea groups is 1. The molecule has 3 amide bonds. The highest BCUT2D eigenvalue weighted by Crippen LogP contribution is 2.59. The first-order valence-electron chi connectivity index (χ1n) is 9.43. The van der Waals surface area contributed by atoms with Crippen molar-refractivity contribution in [1.29, 1.82) is 0 Å². The number of carbonyl (C=O) groups excluding carboxylic acids is 2. The van der Waals surface area contributed by atoms with E-state index in [0.717, 1.165) is 24.0 Å². The van der Waals surface area contributed by atoms with E-state index >= 15 is 0 Å². The largest absolute Gasteiger partial charge is 0.329 e. The molecule has 0 unspecified atom stereocenters. The minimum Gasteiger partial charge on any atom is -0.323 e. The summed E-state index contributed by atoms with van der Waals surface area (Å²) in [5, 5.41) is 3.00. The van der Waals surface area contributed by atoms with Gasteiger partial charge in [0, 0.05) is 0 Å².